The first kappa shape index (κ1) is 38.7. The summed E-state index contributed by atoms with van der Waals surface area (Å²) >= 11 is 0. The second-order valence-electron chi connectivity index (χ2n) is 10.7. The summed E-state index contributed by atoms with van der Waals surface area (Å²) in [5.74, 6) is 2.73. The smallest absolute Gasteiger partial charge is 0.236 e. The molecule has 0 fully saturated rings. The number of hydrogen-bond acceptors (Lipinski definition) is 7. The van der Waals surface area contributed by atoms with Crippen LogP contribution in [0, 0.1) is 0 Å². The third-order valence-electron chi connectivity index (χ3n) is 7.00. The van der Waals surface area contributed by atoms with E-state index in [9.17, 15) is 9.59 Å². The van der Waals surface area contributed by atoms with Crippen molar-refractivity contribution in [3.05, 3.63) is 53.6 Å². The Bertz CT molecular complexity index is 1060. The molecule has 0 aliphatic carbocycles. The van der Waals surface area contributed by atoms with Gasteiger partial charge in [-0.2, -0.15) is 0 Å². The van der Waals surface area contributed by atoms with Crippen LogP contribution in [-0.2, 0) is 22.4 Å². The summed E-state index contributed by atoms with van der Waals surface area (Å²) in [6, 6.07) is 14.2. The van der Waals surface area contributed by atoms with Gasteiger partial charge in [0.15, 0.2) is 11.5 Å². The number of unbranched alkanes of at least 4 members (excludes halogenated alkanes) is 2. The Labute approximate surface area is 266 Å². The summed E-state index contributed by atoms with van der Waals surface area (Å²) < 4.78 is 16.8. The molecular formula is C35H58N4O5. The fraction of sp³-hybridized carbons (Fsp3) is 0.600. The monoisotopic (exact) mass is 614 g/mol. The topological polar surface area (TPSA) is 92.4 Å². The summed E-state index contributed by atoms with van der Waals surface area (Å²) in [5.41, 5.74) is 2.40. The number of rotatable bonds is 21. The van der Waals surface area contributed by atoms with Gasteiger partial charge in [0.25, 0.3) is 0 Å². The largest absolute Gasteiger partial charge is 0.494 e. The zero-order valence-corrected chi connectivity index (χ0v) is 28.4. The van der Waals surface area contributed by atoms with Gasteiger partial charge in [-0.05, 0) is 88.0 Å². The van der Waals surface area contributed by atoms with Crippen molar-refractivity contribution >= 4 is 11.8 Å². The number of hydrogen-bond donors (Lipinski definition) is 2. The van der Waals surface area contributed by atoms with Crippen molar-refractivity contribution < 1.29 is 23.8 Å². The number of nitrogens with one attached hydrogen (secondary N) is 2. The number of methoxy groups -OCH3 is 1. The van der Waals surface area contributed by atoms with Crippen molar-refractivity contribution in [2.75, 3.05) is 73.7 Å². The molecule has 2 amide bonds. The molecular weight excluding hydrogens is 556 g/mol. The highest BCUT2D eigenvalue weighted by Gasteiger charge is 2.09. The molecule has 2 N–H and O–H groups in total. The molecule has 0 unspecified atom stereocenters. The van der Waals surface area contributed by atoms with Crippen molar-refractivity contribution in [2.24, 2.45) is 0 Å². The van der Waals surface area contributed by atoms with Crippen LogP contribution in [-0.4, -0.2) is 95.3 Å². The Morgan fingerprint density at radius 3 is 1.89 bits per heavy atom. The Morgan fingerprint density at radius 1 is 0.727 bits per heavy atom. The highest BCUT2D eigenvalue weighted by atomic mass is 16.5. The maximum absolute atomic E-state index is 11.9. The number of benzene rings is 2. The van der Waals surface area contributed by atoms with Gasteiger partial charge in [0.2, 0.25) is 11.8 Å². The molecule has 9 nitrogen and oxygen atoms in total. The number of carbonyl (C=O) groups excluding carboxylic acids is 2. The Morgan fingerprint density at radius 2 is 1.32 bits per heavy atom. The molecule has 2 rings (SSSR count). The van der Waals surface area contributed by atoms with Gasteiger partial charge < -0.3 is 34.6 Å². The molecule has 0 aromatic heterocycles. The normalized spacial score (nSPS) is 10.4. The molecule has 0 aliphatic heterocycles. The second kappa shape index (κ2) is 24.1. The summed E-state index contributed by atoms with van der Waals surface area (Å²) in [6.07, 6.45) is 6.10. The van der Waals surface area contributed by atoms with Crippen LogP contribution >= 0.6 is 0 Å². The average molecular weight is 615 g/mol. The van der Waals surface area contributed by atoms with E-state index in [1.807, 2.05) is 49.1 Å². The van der Waals surface area contributed by atoms with E-state index in [4.69, 9.17) is 14.2 Å². The van der Waals surface area contributed by atoms with E-state index in [1.54, 1.807) is 26.1 Å². The fourth-order valence-electron chi connectivity index (χ4n) is 4.14. The predicted molar refractivity (Wildman–Crippen MR) is 180 cm³/mol. The molecule has 0 bridgehead atoms. The number of ether oxygens (including phenoxy) is 3. The van der Waals surface area contributed by atoms with Gasteiger partial charge in [0.1, 0.15) is 5.75 Å². The van der Waals surface area contributed by atoms with Crippen molar-refractivity contribution in [2.45, 2.75) is 66.2 Å². The van der Waals surface area contributed by atoms with Crippen LogP contribution in [0.1, 0.15) is 64.5 Å². The van der Waals surface area contributed by atoms with E-state index in [0.29, 0.717) is 19.7 Å². The molecule has 0 heterocycles. The highest BCUT2D eigenvalue weighted by molar-refractivity contribution is 5.78. The molecule has 0 spiro atoms. The predicted octanol–water partition coefficient (Wildman–Crippen LogP) is 4.96. The summed E-state index contributed by atoms with van der Waals surface area (Å²) in [6.45, 7) is 13.6. The Hall–Kier alpha value is -3.30. The van der Waals surface area contributed by atoms with Crippen molar-refractivity contribution in [1.29, 1.82) is 0 Å². The summed E-state index contributed by atoms with van der Waals surface area (Å²) in [7, 11) is 5.16. The van der Waals surface area contributed by atoms with Gasteiger partial charge in [-0.1, -0.05) is 44.9 Å². The van der Waals surface area contributed by atoms with E-state index in [2.05, 4.69) is 36.6 Å². The van der Waals surface area contributed by atoms with E-state index in [-0.39, 0.29) is 11.8 Å². The maximum Gasteiger partial charge on any atom is 0.236 e. The van der Waals surface area contributed by atoms with Gasteiger partial charge in [-0.15, -0.1) is 0 Å². The maximum atomic E-state index is 11.9. The minimum Gasteiger partial charge on any atom is -0.494 e. The van der Waals surface area contributed by atoms with Crippen LogP contribution in [0.25, 0.3) is 0 Å². The number of carbonyl (C=O) groups is 2. The first-order valence-corrected chi connectivity index (χ1v) is 16.2. The molecule has 0 atom stereocenters. The molecule has 0 aliphatic rings. The molecule has 0 saturated carbocycles. The van der Waals surface area contributed by atoms with E-state index < -0.39 is 0 Å². The van der Waals surface area contributed by atoms with E-state index >= 15 is 0 Å². The number of likely N-dealkylation sites (N-methyl/N-ethyl adjacent to an activating group) is 2. The minimum absolute atomic E-state index is 0.0818. The van der Waals surface area contributed by atoms with E-state index in [0.717, 1.165) is 94.1 Å². The van der Waals surface area contributed by atoms with Crippen molar-refractivity contribution in [3.8, 4) is 17.2 Å². The van der Waals surface area contributed by atoms with Gasteiger partial charge in [-0.3, -0.25) is 9.59 Å². The third-order valence-corrected chi connectivity index (χ3v) is 7.00. The molecule has 9 heteroatoms. The van der Waals surface area contributed by atoms with E-state index in [1.165, 1.54) is 5.56 Å². The van der Waals surface area contributed by atoms with Crippen molar-refractivity contribution in [3.63, 3.8) is 0 Å². The average Bonchev–Trinajstić information content (AvgIpc) is 3.03. The van der Waals surface area contributed by atoms with Crippen LogP contribution < -0.4 is 24.8 Å². The summed E-state index contributed by atoms with van der Waals surface area (Å²) in [4.78, 5) is 26.8. The standard InChI is InChI=1S/C18H30N2O2.C17H28N2O3/c1-4-7-13-22-17-10-8-9-16(14-17)11-12-19-15-18(21)20(5-2)6-3;1-5-6-11-22-16-12-14(7-8-15(16)21-4)9-10-18-13-17(20)19(2)3/h8-10,14,19H,4-7,11-13,15H2,1-3H3;7-8,12,18H,5-6,9-11,13H2,1-4H3. The lowest BCUT2D eigenvalue weighted by Crippen LogP contribution is -2.38. The molecule has 2 aromatic rings. The Balaban J connectivity index is 0.000000440. The zero-order chi connectivity index (χ0) is 32.6. The van der Waals surface area contributed by atoms with Gasteiger partial charge in [-0.25, -0.2) is 0 Å². The van der Waals surface area contributed by atoms with Crippen LogP contribution in [0.4, 0.5) is 0 Å². The quantitative estimate of drug-likeness (QED) is 0.192. The second-order valence-corrected chi connectivity index (χ2v) is 10.7. The third kappa shape index (κ3) is 16.5. The van der Waals surface area contributed by atoms with Gasteiger partial charge in [0.05, 0.1) is 33.4 Å². The molecule has 0 saturated heterocycles. The minimum atomic E-state index is 0.0818. The lowest BCUT2D eigenvalue weighted by atomic mass is 10.1. The molecule has 248 valence electrons. The molecule has 2 aromatic carbocycles. The zero-order valence-electron chi connectivity index (χ0n) is 28.4. The fourth-order valence-corrected chi connectivity index (χ4v) is 4.14. The lowest BCUT2D eigenvalue weighted by Gasteiger charge is -2.18. The first-order valence-electron chi connectivity index (χ1n) is 16.2. The molecule has 0 radical (unpaired) electrons. The highest BCUT2D eigenvalue weighted by Crippen LogP contribution is 2.28. The van der Waals surface area contributed by atoms with Crippen LogP contribution in [0.3, 0.4) is 0 Å². The van der Waals surface area contributed by atoms with Crippen molar-refractivity contribution in [1.82, 2.24) is 20.4 Å². The van der Waals surface area contributed by atoms with Gasteiger partial charge >= 0.3 is 0 Å². The Kier molecular flexibility index (Phi) is 21.2. The SMILES string of the molecule is CCCCOc1cc(CCNCC(=O)N(C)C)ccc1OC.CCCCOc1cccc(CCNCC(=O)N(CC)CC)c1. The van der Waals surface area contributed by atoms with Crippen LogP contribution in [0.5, 0.6) is 17.2 Å². The summed E-state index contributed by atoms with van der Waals surface area (Å²) in [5, 5.41) is 6.37. The number of nitrogens with zero attached hydrogens (tertiary/aromatic N) is 2. The lowest BCUT2D eigenvalue weighted by molar-refractivity contribution is -0.130. The van der Waals surface area contributed by atoms with Crippen LogP contribution in [0.15, 0.2) is 42.5 Å². The van der Waals surface area contributed by atoms with Crippen LogP contribution in [0.2, 0.25) is 0 Å². The van der Waals surface area contributed by atoms with Gasteiger partial charge in [0, 0.05) is 27.2 Å². The first-order chi connectivity index (χ1) is 21.3. The number of amides is 2. The molecule has 44 heavy (non-hydrogen) atoms.